The third kappa shape index (κ3) is 8.67. The third-order valence-corrected chi connectivity index (χ3v) is 8.52. The molecule has 1 unspecified atom stereocenters. The second-order valence-corrected chi connectivity index (χ2v) is 11.7. The molecule has 2 aromatic carbocycles. The Morgan fingerprint density at radius 2 is 1.81 bits per heavy atom. The number of sulfonamides is 1. The first-order chi connectivity index (χ1) is 16.8. The fraction of sp³-hybridized carbons (Fsp3) is 0.462. The molecule has 1 aliphatic rings. The zero-order valence-electron chi connectivity index (χ0n) is 22.0. The molecule has 10 heteroatoms. The number of hydrogen-bond acceptors (Lipinski definition) is 5. The molecule has 0 aromatic heterocycles. The Balaban J connectivity index is 0.00000342. The van der Waals surface area contributed by atoms with Gasteiger partial charge in [-0.2, -0.15) is 11.8 Å². The first kappa shape index (κ1) is 30.5. The van der Waals surface area contributed by atoms with E-state index in [0.717, 1.165) is 19.3 Å². The van der Waals surface area contributed by atoms with Crippen LogP contribution in [0.1, 0.15) is 56.7 Å². The van der Waals surface area contributed by atoms with Crippen LogP contribution >= 0.6 is 11.8 Å². The van der Waals surface area contributed by atoms with Gasteiger partial charge in [0, 0.05) is 12.1 Å². The molecule has 0 spiro atoms. The molecule has 1 fully saturated rings. The minimum absolute atomic E-state index is 0. The zero-order chi connectivity index (χ0) is 25.3. The van der Waals surface area contributed by atoms with Crippen molar-refractivity contribution < 1.29 is 43.4 Å². The zero-order valence-corrected chi connectivity index (χ0v) is 22.7. The van der Waals surface area contributed by atoms with E-state index in [1.807, 2.05) is 12.3 Å². The number of carboxylic acids is 1. The van der Waals surface area contributed by atoms with Gasteiger partial charge in [-0.3, -0.25) is 4.79 Å². The van der Waals surface area contributed by atoms with Gasteiger partial charge in [0.2, 0.25) is 10.0 Å². The Bertz CT molecular complexity index is 1110. The molecule has 0 saturated heterocycles. The van der Waals surface area contributed by atoms with Gasteiger partial charge in [-0.1, -0.05) is 62.4 Å². The van der Waals surface area contributed by atoms with Crippen LogP contribution in [0.15, 0.2) is 53.4 Å². The van der Waals surface area contributed by atoms with Gasteiger partial charge in [0.15, 0.2) is 0 Å². The minimum atomic E-state index is -3.76. The molecule has 192 valence electrons. The predicted molar refractivity (Wildman–Crippen MR) is 141 cm³/mol. The summed E-state index contributed by atoms with van der Waals surface area (Å²) < 4.78 is 28.8. The van der Waals surface area contributed by atoms with Crippen LogP contribution in [0.3, 0.4) is 0 Å². The number of carbonyl (C=O) groups excluding carboxylic acids is 1. The summed E-state index contributed by atoms with van der Waals surface area (Å²) in [6.45, 7) is 0.381. The molecule has 0 aliphatic heterocycles. The van der Waals surface area contributed by atoms with Crippen LogP contribution in [0.4, 0.5) is 0 Å². The second-order valence-electron chi connectivity index (χ2n) is 8.91. The number of aliphatic carboxylic acids is 1. The van der Waals surface area contributed by atoms with Crippen molar-refractivity contribution in [3.05, 3.63) is 54.1 Å². The number of amides is 1. The van der Waals surface area contributed by atoms with Crippen LogP contribution < -0.4 is 28.9 Å². The number of benzene rings is 2. The van der Waals surface area contributed by atoms with Crippen LogP contribution in [0, 0.1) is 5.92 Å². The molecule has 0 bridgehead atoms. The molecular weight excluding hydrogens is 491 g/mol. The summed E-state index contributed by atoms with van der Waals surface area (Å²) in [7, 11) is -3.76. The second kappa shape index (κ2) is 14.8. The van der Waals surface area contributed by atoms with Crippen molar-refractivity contribution in [3.8, 4) is 11.1 Å². The maximum Gasteiger partial charge on any atom is 1.00 e. The Labute approximate surface area is 231 Å². The topological polar surface area (TPSA) is 113 Å². The smallest absolute Gasteiger partial charge is 1.00 e. The maximum absolute atomic E-state index is 13.1. The van der Waals surface area contributed by atoms with Crippen molar-refractivity contribution in [1.29, 1.82) is 0 Å². The van der Waals surface area contributed by atoms with Gasteiger partial charge in [0.05, 0.1) is 4.90 Å². The Hall–Kier alpha value is -1.76. The van der Waals surface area contributed by atoms with Gasteiger partial charge in [0.25, 0.3) is 5.91 Å². The molecule has 2 aromatic rings. The van der Waals surface area contributed by atoms with E-state index in [1.165, 1.54) is 49.2 Å². The first-order valence-corrected chi connectivity index (χ1v) is 14.9. The molecule has 1 atom stereocenters. The monoisotopic (exact) mass is 526 g/mol. The van der Waals surface area contributed by atoms with E-state index in [0.29, 0.717) is 35.8 Å². The van der Waals surface area contributed by atoms with Crippen molar-refractivity contribution in [2.75, 3.05) is 18.6 Å². The molecule has 7 nitrogen and oxygen atoms in total. The quantitative estimate of drug-likeness (QED) is 0.363. The van der Waals surface area contributed by atoms with Crippen molar-refractivity contribution in [2.45, 2.75) is 55.9 Å². The molecular formula is C26H35LiN2O5S2. The predicted octanol–water partition coefficient (Wildman–Crippen LogP) is 1.65. The largest absolute Gasteiger partial charge is 1.00 e. The van der Waals surface area contributed by atoms with E-state index in [2.05, 4.69) is 10.0 Å². The molecule has 1 amide bonds. The summed E-state index contributed by atoms with van der Waals surface area (Å²) in [6, 6.07) is 12.4. The summed E-state index contributed by atoms with van der Waals surface area (Å²) in [6.07, 6.45) is 8.96. The molecule has 3 N–H and O–H groups in total. The van der Waals surface area contributed by atoms with E-state index in [4.69, 9.17) is 0 Å². The maximum atomic E-state index is 13.1. The number of rotatable bonds is 12. The fourth-order valence-electron chi connectivity index (χ4n) is 4.43. The summed E-state index contributed by atoms with van der Waals surface area (Å²) >= 11 is 1.50. The minimum Gasteiger partial charge on any atom is -1.00 e. The number of hydrogen-bond donors (Lipinski definition) is 3. The first-order valence-electron chi connectivity index (χ1n) is 12.0. The molecule has 3 rings (SSSR count). The Kier molecular flexibility index (Phi) is 12.6. The van der Waals surface area contributed by atoms with Crippen LogP contribution in [0.2, 0.25) is 0 Å². The van der Waals surface area contributed by atoms with Gasteiger partial charge in [-0.15, -0.1) is 0 Å². The van der Waals surface area contributed by atoms with Crippen LogP contribution in [0.25, 0.3) is 11.1 Å². The van der Waals surface area contributed by atoms with Gasteiger partial charge in [-0.05, 0) is 60.1 Å². The average molecular weight is 527 g/mol. The third-order valence-electron chi connectivity index (χ3n) is 6.41. The van der Waals surface area contributed by atoms with Crippen LogP contribution in [0.5, 0.6) is 0 Å². The van der Waals surface area contributed by atoms with Crippen molar-refractivity contribution in [3.63, 3.8) is 0 Å². The number of nitrogens with one attached hydrogen (secondary N) is 2. The van der Waals surface area contributed by atoms with Crippen molar-refractivity contribution >= 4 is 33.7 Å². The van der Waals surface area contributed by atoms with Crippen molar-refractivity contribution in [2.24, 2.45) is 5.92 Å². The van der Waals surface area contributed by atoms with Gasteiger partial charge in [0.1, 0.15) is 6.04 Å². The number of thioether (sulfide) groups is 1. The van der Waals surface area contributed by atoms with E-state index in [9.17, 15) is 23.1 Å². The molecule has 36 heavy (non-hydrogen) atoms. The SMILES string of the molecule is CSCCC(NC(=O)c1ccc(S(=O)(=O)NCCC2CCCCC2)cc1-c1ccccc1)C(=O)O.[H-].[Li+]. The van der Waals surface area contributed by atoms with E-state index in [-0.39, 0.29) is 30.7 Å². The van der Waals surface area contributed by atoms with Gasteiger partial charge in [-0.25, -0.2) is 17.9 Å². The number of carboxylic acid groups (broad SMARTS) is 1. The molecule has 0 radical (unpaired) electrons. The molecule has 0 heterocycles. The molecule has 1 saturated carbocycles. The Morgan fingerprint density at radius 3 is 2.44 bits per heavy atom. The Morgan fingerprint density at radius 1 is 1.11 bits per heavy atom. The summed E-state index contributed by atoms with van der Waals surface area (Å²) in [4.78, 5) is 24.8. The van der Waals surface area contributed by atoms with E-state index >= 15 is 0 Å². The molecule has 1 aliphatic carbocycles. The van der Waals surface area contributed by atoms with E-state index in [1.54, 1.807) is 24.3 Å². The van der Waals surface area contributed by atoms with Crippen LogP contribution in [-0.4, -0.2) is 50.0 Å². The standard InChI is InChI=1S/C26H34N2O5S2.Li.H/c1-34-17-15-24(26(30)31)28-25(29)22-13-12-21(18-23(22)20-10-6-3-7-11-20)35(32,33)27-16-14-19-8-4-2-5-9-19;;/h3,6-7,10-13,18-19,24,27H,2,4-5,8-9,14-17H2,1H3,(H,28,29)(H,30,31);;/q;+1;-1. The van der Waals surface area contributed by atoms with Gasteiger partial charge >= 0.3 is 24.8 Å². The van der Waals surface area contributed by atoms with Crippen LogP contribution in [-0.2, 0) is 14.8 Å². The van der Waals surface area contributed by atoms with Crippen molar-refractivity contribution in [1.82, 2.24) is 10.0 Å². The number of carbonyl (C=O) groups is 2. The fourth-order valence-corrected chi connectivity index (χ4v) is 5.98. The van der Waals surface area contributed by atoms with Gasteiger partial charge < -0.3 is 11.8 Å². The average Bonchev–Trinajstić information content (AvgIpc) is 2.87. The summed E-state index contributed by atoms with van der Waals surface area (Å²) in [5.41, 5.74) is 1.34. The summed E-state index contributed by atoms with van der Waals surface area (Å²) in [5.74, 6) is -0.501. The normalized spacial score (nSPS) is 15.0. The van der Waals surface area contributed by atoms with E-state index < -0.39 is 27.9 Å². The summed E-state index contributed by atoms with van der Waals surface area (Å²) in [5, 5.41) is 12.1.